The van der Waals surface area contributed by atoms with Crippen LogP contribution in [0.2, 0.25) is 0 Å². The number of aliphatic hydroxyl groups excluding tert-OH is 1. The number of hydrogen-bond donors (Lipinski definition) is 2. The minimum absolute atomic E-state index is 0.0207. The zero-order valence-electron chi connectivity index (χ0n) is 15.0. The van der Waals surface area contributed by atoms with Crippen molar-refractivity contribution in [2.75, 3.05) is 0 Å². The number of carbonyl (C=O) groups excluding carboxylic acids is 1. The first kappa shape index (κ1) is 17.6. The molecule has 25 heavy (non-hydrogen) atoms. The Labute approximate surface area is 147 Å². The molecule has 2 N–H and O–H groups in total. The lowest BCUT2D eigenvalue weighted by Crippen LogP contribution is -2.28. The third-order valence-electron chi connectivity index (χ3n) is 4.57. The molecule has 0 fully saturated rings. The third kappa shape index (κ3) is 3.60. The standard InChI is InChI=1S/C19H25N3O3/c1-4-22-18(16-9-12(2)25-13(3)17(16)21-22)19(24)20-10-14-5-7-15(11-23)8-6-14/h5-8,12-13,23H,4,9-11H2,1-3H3,(H,20,24)/t12-,13+/m0/s1. The van der Waals surface area contributed by atoms with E-state index < -0.39 is 0 Å². The number of aryl methyl sites for hydroxylation is 1. The molecule has 6 heteroatoms. The van der Waals surface area contributed by atoms with E-state index in [-0.39, 0.29) is 24.7 Å². The first-order chi connectivity index (χ1) is 12.0. The fraction of sp³-hybridized carbons (Fsp3) is 0.474. The molecule has 1 aliphatic rings. The maximum Gasteiger partial charge on any atom is 0.270 e. The molecular formula is C19H25N3O3. The van der Waals surface area contributed by atoms with Crippen LogP contribution < -0.4 is 5.32 Å². The van der Waals surface area contributed by atoms with Crippen LogP contribution in [0.3, 0.4) is 0 Å². The van der Waals surface area contributed by atoms with E-state index in [1.54, 1.807) is 4.68 Å². The predicted molar refractivity (Wildman–Crippen MR) is 94.1 cm³/mol. The molecule has 2 atom stereocenters. The number of nitrogens with one attached hydrogen (secondary N) is 1. The molecule has 0 saturated heterocycles. The molecule has 1 aliphatic heterocycles. The van der Waals surface area contributed by atoms with Crippen LogP contribution in [0.15, 0.2) is 24.3 Å². The van der Waals surface area contributed by atoms with Crippen LogP contribution in [0.25, 0.3) is 0 Å². The number of fused-ring (bicyclic) bond motifs is 1. The van der Waals surface area contributed by atoms with E-state index in [0.29, 0.717) is 25.2 Å². The van der Waals surface area contributed by atoms with Crippen molar-refractivity contribution in [3.8, 4) is 0 Å². The van der Waals surface area contributed by atoms with Gasteiger partial charge in [0, 0.05) is 25.1 Å². The molecule has 0 bridgehead atoms. The van der Waals surface area contributed by atoms with Crippen LogP contribution in [0, 0.1) is 0 Å². The molecular weight excluding hydrogens is 318 g/mol. The Morgan fingerprint density at radius 1 is 1.32 bits per heavy atom. The van der Waals surface area contributed by atoms with E-state index >= 15 is 0 Å². The van der Waals surface area contributed by atoms with Gasteiger partial charge in [0.1, 0.15) is 5.69 Å². The third-order valence-corrected chi connectivity index (χ3v) is 4.57. The molecule has 1 amide bonds. The van der Waals surface area contributed by atoms with Crippen LogP contribution >= 0.6 is 0 Å². The number of nitrogens with zero attached hydrogens (tertiary/aromatic N) is 2. The van der Waals surface area contributed by atoms with Crippen molar-refractivity contribution in [1.29, 1.82) is 0 Å². The molecule has 1 aromatic carbocycles. The Morgan fingerprint density at radius 2 is 2.00 bits per heavy atom. The van der Waals surface area contributed by atoms with Gasteiger partial charge in [-0.15, -0.1) is 0 Å². The second-order valence-corrected chi connectivity index (χ2v) is 6.48. The number of hydrogen-bond acceptors (Lipinski definition) is 4. The van der Waals surface area contributed by atoms with E-state index in [9.17, 15) is 4.79 Å². The highest BCUT2D eigenvalue weighted by molar-refractivity contribution is 5.94. The summed E-state index contributed by atoms with van der Waals surface area (Å²) in [5, 5.41) is 16.7. The van der Waals surface area contributed by atoms with Crippen molar-refractivity contribution >= 4 is 5.91 Å². The summed E-state index contributed by atoms with van der Waals surface area (Å²) >= 11 is 0. The van der Waals surface area contributed by atoms with Gasteiger partial charge in [0.15, 0.2) is 0 Å². The van der Waals surface area contributed by atoms with Crippen LogP contribution in [0.5, 0.6) is 0 Å². The van der Waals surface area contributed by atoms with Crippen LogP contribution in [-0.4, -0.2) is 26.9 Å². The number of aromatic nitrogens is 2. The minimum Gasteiger partial charge on any atom is -0.392 e. The fourth-order valence-electron chi connectivity index (χ4n) is 3.31. The number of rotatable bonds is 5. The van der Waals surface area contributed by atoms with Gasteiger partial charge in [-0.2, -0.15) is 5.10 Å². The van der Waals surface area contributed by atoms with Crippen LogP contribution in [0.4, 0.5) is 0 Å². The molecule has 134 valence electrons. The average Bonchev–Trinajstić information content (AvgIpc) is 2.99. The summed E-state index contributed by atoms with van der Waals surface area (Å²) in [6.45, 7) is 7.08. The van der Waals surface area contributed by atoms with Gasteiger partial charge in [-0.1, -0.05) is 24.3 Å². The first-order valence-electron chi connectivity index (χ1n) is 8.75. The van der Waals surface area contributed by atoms with E-state index in [1.807, 2.05) is 45.0 Å². The first-order valence-corrected chi connectivity index (χ1v) is 8.75. The highest BCUT2D eigenvalue weighted by Gasteiger charge is 2.31. The molecule has 0 saturated carbocycles. The zero-order valence-corrected chi connectivity index (χ0v) is 15.0. The Bertz CT molecular complexity index is 752. The Balaban J connectivity index is 1.79. The molecule has 2 aromatic rings. The number of carbonyl (C=O) groups is 1. The van der Waals surface area contributed by atoms with E-state index in [2.05, 4.69) is 10.4 Å². The lowest BCUT2D eigenvalue weighted by Gasteiger charge is -2.24. The van der Waals surface area contributed by atoms with Crippen LogP contribution in [0.1, 0.15) is 59.7 Å². The van der Waals surface area contributed by atoms with Crippen molar-refractivity contribution in [3.63, 3.8) is 0 Å². The van der Waals surface area contributed by atoms with Gasteiger partial charge in [0.2, 0.25) is 0 Å². The number of ether oxygens (including phenoxy) is 1. The molecule has 0 unspecified atom stereocenters. The minimum atomic E-state index is -0.108. The molecule has 0 radical (unpaired) electrons. The Kier molecular flexibility index (Phi) is 5.20. The van der Waals surface area contributed by atoms with Crippen molar-refractivity contribution in [1.82, 2.24) is 15.1 Å². The van der Waals surface area contributed by atoms with E-state index in [4.69, 9.17) is 9.84 Å². The predicted octanol–water partition coefficient (Wildman–Crippen LogP) is 2.35. The monoisotopic (exact) mass is 343 g/mol. The smallest absolute Gasteiger partial charge is 0.270 e. The average molecular weight is 343 g/mol. The van der Waals surface area contributed by atoms with Gasteiger partial charge in [0.25, 0.3) is 5.91 Å². The largest absolute Gasteiger partial charge is 0.392 e. The Morgan fingerprint density at radius 3 is 2.64 bits per heavy atom. The lowest BCUT2D eigenvalue weighted by atomic mass is 9.99. The molecule has 0 aliphatic carbocycles. The Hall–Kier alpha value is -2.18. The van der Waals surface area contributed by atoms with Crippen LogP contribution in [-0.2, 0) is 30.9 Å². The molecule has 2 heterocycles. The normalized spacial score (nSPS) is 19.5. The second-order valence-electron chi connectivity index (χ2n) is 6.48. The van der Waals surface area contributed by atoms with E-state index in [1.165, 1.54) is 0 Å². The quantitative estimate of drug-likeness (QED) is 0.874. The molecule has 3 rings (SSSR count). The summed E-state index contributed by atoms with van der Waals surface area (Å²) in [5.41, 5.74) is 4.37. The van der Waals surface area contributed by atoms with Gasteiger partial charge >= 0.3 is 0 Å². The van der Waals surface area contributed by atoms with Gasteiger partial charge in [-0.3, -0.25) is 9.48 Å². The van der Waals surface area contributed by atoms with Gasteiger partial charge in [0.05, 0.1) is 24.5 Å². The zero-order chi connectivity index (χ0) is 18.0. The summed E-state index contributed by atoms with van der Waals surface area (Å²) in [4.78, 5) is 12.8. The number of benzene rings is 1. The summed E-state index contributed by atoms with van der Waals surface area (Å²) in [6.07, 6.45) is 0.687. The lowest BCUT2D eigenvalue weighted by molar-refractivity contribution is -0.00712. The fourth-order valence-corrected chi connectivity index (χ4v) is 3.31. The molecule has 0 spiro atoms. The van der Waals surface area contributed by atoms with Crippen molar-refractivity contribution in [2.45, 2.75) is 59.1 Å². The molecule has 6 nitrogen and oxygen atoms in total. The molecule has 1 aromatic heterocycles. The highest BCUT2D eigenvalue weighted by atomic mass is 16.5. The number of aliphatic hydroxyl groups is 1. The summed E-state index contributed by atoms with van der Waals surface area (Å²) in [6, 6.07) is 7.55. The summed E-state index contributed by atoms with van der Waals surface area (Å²) in [7, 11) is 0. The van der Waals surface area contributed by atoms with Crippen molar-refractivity contribution in [2.24, 2.45) is 0 Å². The van der Waals surface area contributed by atoms with Gasteiger partial charge in [-0.05, 0) is 31.9 Å². The summed E-state index contributed by atoms with van der Waals surface area (Å²) in [5.74, 6) is -0.108. The van der Waals surface area contributed by atoms with Gasteiger partial charge < -0.3 is 15.2 Å². The van der Waals surface area contributed by atoms with Crippen molar-refractivity contribution < 1.29 is 14.6 Å². The highest BCUT2D eigenvalue weighted by Crippen LogP contribution is 2.31. The number of amides is 1. The topological polar surface area (TPSA) is 76.4 Å². The second kappa shape index (κ2) is 7.37. The summed E-state index contributed by atoms with van der Waals surface area (Å²) < 4.78 is 7.60. The SMILES string of the molecule is CCn1nc2c(c1C(=O)NCc1ccc(CO)cc1)C[C@H](C)O[C@@H]2C. The van der Waals surface area contributed by atoms with Crippen molar-refractivity contribution in [3.05, 3.63) is 52.3 Å². The van der Waals surface area contributed by atoms with E-state index in [0.717, 1.165) is 22.4 Å². The maximum atomic E-state index is 12.8. The maximum absolute atomic E-state index is 12.8. The van der Waals surface area contributed by atoms with Gasteiger partial charge in [-0.25, -0.2) is 0 Å².